The monoisotopic (exact) mass is 673 g/mol. The molecule has 4 aromatic heterocycles. The maximum Gasteiger partial charge on any atom is 0.212 e. The number of thiophene rings is 1. The minimum atomic E-state index is -0.901. The molecule has 0 saturated carbocycles. The Morgan fingerprint density at radius 2 is 1.78 bits per heavy atom. The summed E-state index contributed by atoms with van der Waals surface area (Å²) in [4.78, 5) is 17.3. The van der Waals surface area contributed by atoms with Crippen molar-refractivity contribution in [3.05, 3.63) is 102 Å². The quantitative estimate of drug-likeness (QED) is 0.129. The Balaban J connectivity index is 0.00000171. The Morgan fingerprint density at radius 3 is 2.61 bits per heavy atom. The average Bonchev–Trinajstić information content (AvgIpc) is 3.97. The number of aromatic amines is 2. The van der Waals surface area contributed by atoms with Crippen molar-refractivity contribution in [2.24, 2.45) is 0 Å². The highest BCUT2D eigenvalue weighted by Crippen LogP contribution is 2.47. The summed E-state index contributed by atoms with van der Waals surface area (Å²) >= 11 is 1.77. The van der Waals surface area contributed by atoms with Crippen LogP contribution in [0.4, 0.5) is 4.39 Å². The van der Waals surface area contributed by atoms with Crippen LogP contribution in [0.2, 0.25) is 0 Å². The fraction of sp³-hybridized carbons (Fsp3) is 0.282. The highest BCUT2D eigenvalue weighted by atomic mass is 32.1. The first-order valence-corrected chi connectivity index (χ1v) is 18.0. The van der Waals surface area contributed by atoms with E-state index in [1.54, 1.807) is 18.3 Å². The van der Waals surface area contributed by atoms with Crippen LogP contribution in [0.3, 0.4) is 0 Å². The minimum Gasteiger partial charge on any atom is -0.464 e. The topological polar surface area (TPSA) is 95.6 Å². The van der Waals surface area contributed by atoms with Crippen molar-refractivity contribution < 1.29 is 9.13 Å². The molecule has 0 bridgehead atoms. The van der Waals surface area contributed by atoms with Crippen LogP contribution >= 0.6 is 11.3 Å². The number of ether oxygens (including phenoxy) is 1. The predicted octanol–water partition coefficient (Wildman–Crippen LogP) is 9.14. The van der Waals surface area contributed by atoms with E-state index in [1.807, 2.05) is 26.2 Å². The van der Waals surface area contributed by atoms with Gasteiger partial charge in [0.05, 0.1) is 52.5 Å². The lowest BCUT2D eigenvalue weighted by atomic mass is 10.0. The van der Waals surface area contributed by atoms with Crippen molar-refractivity contribution in [2.45, 2.75) is 58.6 Å². The van der Waals surface area contributed by atoms with E-state index in [1.165, 1.54) is 16.5 Å². The van der Waals surface area contributed by atoms with Crippen LogP contribution in [-0.2, 0) is 6.54 Å². The number of H-pyrrole nitrogens is 2. The first kappa shape index (κ1) is 31.5. The molecular formula is C39H40FN7OS. The number of alkyl halides is 1. The normalized spacial score (nSPS) is 17.4. The van der Waals surface area contributed by atoms with Gasteiger partial charge in [-0.2, -0.15) is 0 Å². The Kier molecular flexibility index (Phi) is 8.53. The molecule has 0 spiro atoms. The van der Waals surface area contributed by atoms with Crippen LogP contribution in [0.25, 0.3) is 54.8 Å². The van der Waals surface area contributed by atoms with Gasteiger partial charge in [0, 0.05) is 33.3 Å². The number of nitrogens with zero attached hydrogens (tertiary/aromatic N) is 3. The highest BCUT2D eigenvalue weighted by molar-refractivity contribution is 7.19. The fourth-order valence-electron chi connectivity index (χ4n) is 6.91. The molecule has 9 rings (SSSR count). The third-order valence-electron chi connectivity index (χ3n) is 9.21. The van der Waals surface area contributed by atoms with Gasteiger partial charge in [-0.15, -0.1) is 11.3 Å². The summed E-state index contributed by atoms with van der Waals surface area (Å²) in [7, 11) is 0. The molecule has 2 aliphatic heterocycles. The molecule has 10 heteroatoms. The Morgan fingerprint density at radius 1 is 0.959 bits per heavy atom. The third-order valence-corrected chi connectivity index (χ3v) is 10.4. The third kappa shape index (κ3) is 5.94. The molecule has 7 aromatic rings. The second kappa shape index (κ2) is 13.3. The summed E-state index contributed by atoms with van der Waals surface area (Å²) in [6, 6.07) is 26.3. The average molecular weight is 674 g/mol. The molecular weight excluding hydrogens is 634 g/mol. The molecule has 3 aromatic carbocycles. The number of hydrogen-bond donors (Lipinski definition) is 4. The van der Waals surface area contributed by atoms with Gasteiger partial charge in [-0.1, -0.05) is 44.2 Å². The van der Waals surface area contributed by atoms with Crippen LogP contribution in [0.15, 0.2) is 85.2 Å². The van der Waals surface area contributed by atoms with E-state index in [4.69, 9.17) is 9.72 Å². The van der Waals surface area contributed by atoms with Gasteiger partial charge in [-0.05, 0) is 74.2 Å². The van der Waals surface area contributed by atoms with Crippen LogP contribution < -0.4 is 15.4 Å². The van der Waals surface area contributed by atoms with Gasteiger partial charge in [0.1, 0.15) is 23.6 Å². The summed E-state index contributed by atoms with van der Waals surface area (Å²) < 4.78 is 23.8. The molecule has 250 valence electrons. The number of fused-ring (bicyclic) bond motifs is 6. The first-order chi connectivity index (χ1) is 24.1. The van der Waals surface area contributed by atoms with E-state index in [0.29, 0.717) is 13.1 Å². The standard InChI is InChI=1S/C37H34FN7OS.C2H6/c1-21(38)17-39-20-35-41-18-28(43-35)22-9-11-30-25(13-22)14-31-26-10-8-23(29-19-42-36(44-29)27-6-4-12-40-27)15-32(26)46-37(45(30)31)34-16-24-5-2-3-7-33(24)47-34;1-2/h2-3,5,7-11,13-16,18-19,21,27,37,39-40H,4,6,12,17,20H2,1H3,(H,41,43)(H,42,44);1-2H3. The molecule has 0 aliphatic carbocycles. The molecule has 0 amide bonds. The Labute approximate surface area is 288 Å². The molecule has 6 heterocycles. The highest BCUT2D eigenvalue weighted by Gasteiger charge is 2.31. The van der Waals surface area contributed by atoms with Crippen molar-refractivity contribution in [2.75, 3.05) is 13.1 Å². The molecule has 1 saturated heterocycles. The van der Waals surface area contributed by atoms with Gasteiger partial charge in [-0.3, -0.25) is 4.57 Å². The Bertz CT molecular complexity index is 2210. The van der Waals surface area contributed by atoms with Gasteiger partial charge in [-0.25, -0.2) is 14.4 Å². The largest absolute Gasteiger partial charge is 0.464 e. The molecule has 1 fully saturated rings. The summed E-state index contributed by atoms with van der Waals surface area (Å²) in [6.45, 7) is 7.36. The second-order valence-electron chi connectivity index (χ2n) is 12.5. The molecule has 2 aliphatic rings. The number of halogens is 1. The molecule has 4 N–H and O–H groups in total. The van der Waals surface area contributed by atoms with Gasteiger partial charge in [0.2, 0.25) is 6.23 Å². The number of imidazole rings is 2. The zero-order chi connectivity index (χ0) is 33.5. The Hall–Kier alpha value is -4.77. The maximum absolute atomic E-state index is 13.2. The van der Waals surface area contributed by atoms with Crippen molar-refractivity contribution in [1.29, 1.82) is 0 Å². The number of rotatable bonds is 8. The summed E-state index contributed by atoms with van der Waals surface area (Å²) in [5.41, 5.74) is 7.27. The zero-order valence-corrected chi connectivity index (χ0v) is 28.7. The number of aromatic nitrogens is 5. The van der Waals surface area contributed by atoms with Gasteiger partial charge in [0.25, 0.3) is 0 Å². The molecule has 0 radical (unpaired) electrons. The predicted molar refractivity (Wildman–Crippen MR) is 197 cm³/mol. The van der Waals surface area contributed by atoms with Crippen LogP contribution in [0.1, 0.15) is 62.4 Å². The van der Waals surface area contributed by atoms with E-state index >= 15 is 0 Å². The number of hydrogen-bond acceptors (Lipinski definition) is 6. The first-order valence-electron chi connectivity index (χ1n) is 17.2. The van der Waals surface area contributed by atoms with Crippen molar-refractivity contribution in [1.82, 2.24) is 35.1 Å². The van der Waals surface area contributed by atoms with E-state index in [9.17, 15) is 4.39 Å². The minimum absolute atomic E-state index is 0.283. The summed E-state index contributed by atoms with van der Waals surface area (Å²) in [5.74, 6) is 2.62. The fourth-order valence-corrected chi connectivity index (χ4v) is 8.00. The van der Waals surface area contributed by atoms with Crippen LogP contribution in [0.5, 0.6) is 5.75 Å². The van der Waals surface area contributed by atoms with Crippen LogP contribution in [0, 0.1) is 0 Å². The van der Waals surface area contributed by atoms with E-state index in [2.05, 4.69) is 103 Å². The van der Waals surface area contributed by atoms with Gasteiger partial charge in [0.15, 0.2) is 0 Å². The number of nitrogens with one attached hydrogen (secondary N) is 4. The lowest BCUT2D eigenvalue weighted by Crippen LogP contribution is -2.21. The smallest absolute Gasteiger partial charge is 0.212 e. The molecule has 3 atom stereocenters. The SMILES string of the molecule is CC.CC(F)CNCc1ncc(-c2ccc3c(c2)cc2n3C(c3cc4ccccc4s3)Oc3cc(-c4cnc(C5CCCN5)[nH]4)ccc3-2)[nH]1. The van der Waals surface area contributed by atoms with Gasteiger partial charge < -0.3 is 25.3 Å². The van der Waals surface area contributed by atoms with Crippen molar-refractivity contribution in [3.63, 3.8) is 0 Å². The number of benzene rings is 3. The van der Waals surface area contributed by atoms with Gasteiger partial charge >= 0.3 is 0 Å². The maximum atomic E-state index is 13.2. The lowest BCUT2D eigenvalue weighted by molar-refractivity contribution is 0.177. The van der Waals surface area contributed by atoms with Crippen molar-refractivity contribution in [3.8, 4) is 39.5 Å². The van der Waals surface area contributed by atoms with E-state index in [0.717, 1.165) is 79.9 Å². The van der Waals surface area contributed by atoms with E-state index < -0.39 is 6.17 Å². The molecule has 8 nitrogen and oxygen atoms in total. The van der Waals surface area contributed by atoms with E-state index in [-0.39, 0.29) is 12.3 Å². The molecule has 3 unspecified atom stereocenters. The summed E-state index contributed by atoms with van der Waals surface area (Å²) in [5, 5.41) is 8.97. The van der Waals surface area contributed by atoms with Crippen molar-refractivity contribution >= 4 is 32.3 Å². The summed E-state index contributed by atoms with van der Waals surface area (Å²) in [6.07, 6.45) is 4.82. The lowest BCUT2D eigenvalue weighted by Gasteiger charge is -2.29. The zero-order valence-electron chi connectivity index (χ0n) is 27.9. The van der Waals surface area contributed by atoms with Crippen LogP contribution in [-0.4, -0.2) is 43.8 Å². The molecule has 49 heavy (non-hydrogen) atoms. The second-order valence-corrected chi connectivity index (χ2v) is 13.6.